The fraction of sp³-hybridized carbons (Fsp3) is 0. The van der Waals surface area contributed by atoms with Gasteiger partial charge in [0.15, 0.2) is 17.5 Å². The summed E-state index contributed by atoms with van der Waals surface area (Å²) in [6.45, 7) is 0. The summed E-state index contributed by atoms with van der Waals surface area (Å²) in [7, 11) is 0. The Kier molecular flexibility index (Phi) is 7.45. The van der Waals surface area contributed by atoms with Crippen molar-refractivity contribution in [2.75, 3.05) is 0 Å². The molecule has 0 bridgehead atoms. The van der Waals surface area contributed by atoms with Crippen molar-refractivity contribution in [1.29, 1.82) is 5.26 Å². The Morgan fingerprint density at radius 3 is 1.28 bits per heavy atom. The number of nitriles is 1. The Morgan fingerprint density at radius 1 is 0.333 bits per heavy atom. The summed E-state index contributed by atoms with van der Waals surface area (Å²) in [6.07, 6.45) is 1.80. The third-order valence-corrected chi connectivity index (χ3v) is 10.2. The second-order valence-electron chi connectivity index (χ2n) is 13.3. The molecule has 2 heterocycles. The number of rotatable bonds is 6. The molecule has 2 aromatic heterocycles. The zero-order chi connectivity index (χ0) is 36.0. The van der Waals surface area contributed by atoms with Crippen LogP contribution >= 0.6 is 0 Å². The highest BCUT2D eigenvalue weighted by molar-refractivity contribution is 6.22. The number of aromatic nitrogens is 4. The Labute approximate surface area is 312 Å². The van der Waals surface area contributed by atoms with Gasteiger partial charge in [-0.1, -0.05) is 146 Å². The van der Waals surface area contributed by atoms with Crippen molar-refractivity contribution in [1.82, 2.24) is 19.9 Å². The summed E-state index contributed by atoms with van der Waals surface area (Å²) < 4.78 is 0. The van der Waals surface area contributed by atoms with Crippen LogP contribution in [0, 0.1) is 11.3 Å². The molecular weight excluding hydrogens is 659 g/mol. The molecule has 7 aromatic carbocycles. The van der Waals surface area contributed by atoms with E-state index in [0.717, 1.165) is 50.2 Å². The van der Waals surface area contributed by atoms with Crippen LogP contribution in [0.1, 0.15) is 5.56 Å². The van der Waals surface area contributed by atoms with Crippen molar-refractivity contribution in [3.05, 3.63) is 182 Å². The lowest BCUT2D eigenvalue weighted by atomic mass is 9.88. The van der Waals surface area contributed by atoms with E-state index in [2.05, 4.69) is 96.0 Å². The van der Waals surface area contributed by atoms with Gasteiger partial charge in [0.2, 0.25) is 0 Å². The van der Waals surface area contributed by atoms with Crippen LogP contribution in [0.25, 0.3) is 101 Å². The second kappa shape index (κ2) is 12.9. The van der Waals surface area contributed by atoms with Crippen molar-refractivity contribution in [2.45, 2.75) is 0 Å². The smallest absolute Gasteiger partial charge is 0.164 e. The third kappa shape index (κ3) is 5.33. The molecule has 5 nitrogen and oxygen atoms in total. The van der Waals surface area contributed by atoms with Crippen molar-refractivity contribution in [3.8, 4) is 96.0 Å². The maximum atomic E-state index is 9.48. The average Bonchev–Trinajstić information content (AvgIpc) is 3.59. The third-order valence-electron chi connectivity index (χ3n) is 10.2. The molecule has 250 valence electrons. The van der Waals surface area contributed by atoms with Crippen LogP contribution < -0.4 is 0 Å². The summed E-state index contributed by atoms with van der Waals surface area (Å²) in [6, 6.07) is 60.4. The molecule has 0 saturated carbocycles. The molecule has 0 aliphatic heterocycles. The Hall–Kier alpha value is -7.55. The molecule has 0 radical (unpaired) electrons. The van der Waals surface area contributed by atoms with Crippen molar-refractivity contribution >= 4 is 10.8 Å². The molecular formula is C49H29N5. The predicted molar refractivity (Wildman–Crippen MR) is 217 cm³/mol. The molecule has 0 N–H and O–H groups in total. The highest BCUT2D eigenvalue weighted by atomic mass is 15.0. The van der Waals surface area contributed by atoms with Crippen LogP contribution in [0.2, 0.25) is 0 Å². The average molecular weight is 688 g/mol. The van der Waals surface area contributed by atoms with Gasteiger partial charge < -0.3 is 0 Å². The standard InChI is InChI=1S/C49H29N5/c50-30-31-13-15-32(16-14-31)38-25-27-42-40-10-4-5-11-41(40)43-28-26-39(45(38)46(42)43)33-17-21-36(22-18-33)48-52-47(35-8-2-1-3-9-35)53-49(54-48)37-23-19-34(20-24-37)44-12-6-7-29-51-44/h1-29H. The number of nitrogens with zero attached hydrogens (tertiary/aromatic N) is 5. The summed E-state index contributed by atoms with van der Waals surface area (Å²) in [5, 5.41) is 11.9. The molecule has 0 saturated heterocycles. The lowest BCUT2D eigenvalue weighted by Crippen LogP contribution is -2.00. The molecule has 0 spiro atoms. The quantitative estimate of drug-likeness (QED) is 0.174. The molecule has 0 amide bonds. The van der Waals surface area contributed by atoms with Crippen LogP contribution in [-0.4, -0.2) is 19.9 Å². The minimum Gasteiger partial charge on any atom is -0.256 e. The number of pyridine rings is 1. The van der Waals surface area contributed by atoms with E-state index in [-0.39, 0.29) is 0 Å². The second-order valence-corrected chi connectivity index (χ2v) is 13.3. The highest BCUT2D eigenvalue weighted by Gasteiger charge is 2.25. The van der Waals surface area contributed by atoms with Gasteiger partial charge in [0.25, 0.3) is 0 Å². The fourth-order valence-corrected chi connectivity index (χ4v) is 7.58. The minimum absolute atomic E-state index is 0.605. The maximum Gasteiger partial charge on any atom is 0.164 e. The normalized spacial score (nSPS) is 11.3. The van der Waals surface area contributed by atoms with Crippen LogP contribution in [0.15, 0.2) is 176 Å². The van der Waals surface area contributed by atoms with Gasteiger partial charge in [-0.05, 0) is 79.5 Å². The fourth-order valence-electron chi connectivity index (χ4n) is 7.58. The zero-order valence-corrected chi connectivity index (χ0v) is 29.0. The van der Waals surface area contributed by atoms with E-state index in [1.54, 1.807) is 6.20 Å². The number of fused-ring (bicyclic) bond motifs is 3. The van der Waals surface area contributed by atoms with E-state index in [1.807, 2.05) is 84.9 Å². The zero-order valence-electron chi connectivity index (χ0n) is 29.0. The van der Waals surface area contributed by atoms with E-state index < -0.39 is 0 Å². The lowest BCUT2D eigenvalue weighted by molar-refractivity contribution is 1.07. The van der Waals surface area contributed by atoms with Crippen LogP contribution in [0.5, 0.6) is 0 Å². The van der Waals surface area contributed by atoms with Gasteiger partial charge >= 0.3 is 0 Å². The molecule has 1 aliphatic rings. The van der Waals surface area contributed by atoms with Gasteiger partial charge in [-0.15, -0.1) is 0 Å². The van der Waals surface area contributed by atoms with E-state index in [1.165, 1.54) is 33.0 Å². The first-order valence-electron chi connectivity index (χ1n) is 17.9. The Balaban J connectivity index is 1.09. The molecule has 0 unspecified atom stereocenters. The molecule has 0 atom stereocenters. The van der Waals surface area contributed by atoms with Crippen LogP contribution in [0.4, 0.5) is 0 Å². The topological polar surface area (TPSA) is 75.3 Å². The van der Waals surface area contributed by atoms with Gasteiger partial charge in [0, 0.05) is 28.5 Å². The summed E-state index contributed by atoms with van der Waals surface area (Å²) >= 11 is 0. The van der Waals surface area contributed by atoms with Gasteiger partial charge in [0.1, 0.15) is 0 Å². The Bertz CT molecular complexity index is 2870. The Morgan fingerprint density at radius 2 is 0.759 bits per heavy atom. The molecule has 10 rings (SSSR count). The number of hydrogen-bond acceptors (Lipinski definition) is 5. The highest BCUT2D eigenvalue weighted by Crippen LogP contribution is 2.51. The minimum atomic E-state index is 0.605. The van der Waals surface area contributed by atoms with Gasteiger partial charge in [0.05, 0.1) is 17.3 Å². The first kappa shape index (κ1) is 31.2. The summed E-state index contributed by atoms with van der Waals surface area (Å²) in [5.41, 5.74) is 14.7. The van der Waals surface area contributed by atoms with Crippen molar-refractivity contribution in [2.24, 2.45) is 0 Å². The first-order valence-corrected chi connectivity index (χ1v) is 17.9. The molecule has 9 aromatic rings. The van der Waals surface area contributed by atoms with E-state index >= 15 is 0 Å². The van der Waals surface area contributed by atoms with Crippen LogP contribution in [-0.2, 0) is 0 Å². The molecule has 0 fully saturated rings. The maximum absolute atomic E-state index is 9.48. The molecule has 1 aliphatic carbocycles. The molecule has 5 heteroatoms. The lowest BCUT2D eigenvalue weighted by Gasteiger charge is -2.15. The van der Waals surface area contributed by atoms with E-state index in [0.29, 0.717) is 23.0 Å². The van der Waals surface area contributed by atoms with E-state index in [9.17, 15) is 5.26 Å². The number of hydrogen-bond donors (Lipinski definition) is 0. The number of benzene rings is 7. The van der Waals surface area contributed by atoms with Crippen LogP contribution in [0.3, 0.4) is 0 Å². The molecule has 54 heavy (non-hydrogen) atoms. The van der Waals surface area contributed by atoms with E-state index in [4.69, 9.17) is 15.0 Å². The SMILES string of the molecule is N#Cc1ccc(-c2ccc3c4c(ccc(-c5ccc(-c6nc(-c7ccccc7)nc(-c7ccc(-c8ccccn8)cc7)n6)cc5)c24)-c2ccccc2-3)cc1. The predicted octanol–water partition coefficient (Wildman–Crippen LogP) is 11.9. The van der Waals surface area contributed by atoms with Gasteiger partial charge in [-0.25, -0.2) is 15.0 Å². The monoisotopic (exact) mass is 687 g/mol. The van der Waals surface area contributed by atoms with Crippen molar-refractivity contribution < 1.29 is 0 Å². The first-order chi connectivity index (χ1) is 26.7. The van der Waals surface area contributed by atoms with Gasteiger partial charge in [-0.2, -0.15) is 5.26 Å². The van der Waals surface area contributed by atoms with Crippen molar-refractivity contribution in [3.63, 3.8) is 0 Å². The summed E-state index contributed by atoms with van der Waals surface area (Å²) in [4.78, 5) is 19.4. The largest absolute Gasteiger partial charge is 0.256 e. The summed E-state index contributed by atoms with van der Waals surface area (Å²) in [5.74, 6) is 1.83. The van der Waals surface area contributed by atoms with Gasteiger partial charge in [-0.3, -0.25) is 4.98 Å².